The highest BCUT2D eigenvalue weighted by atomic mass is 19.1. The maximum Gasteiger partial charge on any atom is 0.193 e. The lowest BCUT2D eigenvalue weighted by atomic mass is 9.78. The minimum Gasteiger partial charge on any atom is -0.392 e. The number of hydrogen-bond donors (Lipinski definition) is 2. The molecule has 2 N–H and O–H groups in total. The topological polar surface area (TPSA) is 47.9 Å². The molecule has 4 nitrogen and oxygen atoms in total. The first kappa shape index (κ1) is 16.2. The molecule has 1 heterocycles. The Labute approximate surface area is 137 Å². The molecule has 126 valence electrons. The van der Waals surface area contributed by atoms with Gasteiger partial charge in [-0.3, -0.25) is 4.99 Å². The van der Waals surface area contributed by atoms with Crippen LogP contribution in [-0.2, 0) is 6.42 Å². The van der Waals surface area contributed by atoms with Gasteiger partial charge in [-0.1, -0.05) is 18.6 Å². The molecule has 23 heavy (non-hydrogen) atoms. The fraction of sp³-hybridized carbons (Fsp3) is 0.611. The number of hydrogen-bond acceptors (Lipinski definition) is 4. The molecule has 1 aromatic rings. The van der Waals surface area contributed by atoms with Crippen LogP contribution in [0.2, 0.25) is 0 Å². The van der Waals surface area contributed by atoms with E-state index in [0.29, 0.717) is 6.54 Å². The minimum atomic E-state index is -0.324. The Balaban J connectivity index is 1.72. The van der Waals surface area contributed by atoms with Crippen molar-refractivity contribution in [3.05, 3.63) is 35.6 Å². The summed E-state index contributed by atoms with van der Waals surface area (Å²) in [5.41, 5.74) is 0.881. The predicted molar refractivity (Wildman–Crippen MR) is 89.9 cm³/mol. The van der Waals surface area contributed by atoms with Crippen LogP contribution >= 0.6 is 0 Å². The van der Waals surface area contributed by atoms with E-state index in [4.69, 9.17) is 0 Å². The van der Waals surface area contributed by atoms with Gasteiger partial charge < -0.3 is 15.3 Å². The molecule has 2 atom stereocenters. The van der Waals surface area contributed by atoms with E-state index in [-0.39, 0.29) is 17.3 Å². The fourth-order valence-electron chi connectivity index (χ4n) is 3.77. The lowest BCUT2D eigenvalue weighted by Crippen LogP contribution is -2.49. The average molecular weight is 319 g/mol. The number of aliphatic imine (C=N–C) groups is 1. The molecule has 1 aliphatic carbocycles. The standard InChI is InChI=1S/C18H26FN3O/c1-22-11-3-10-20-17(22)21-13-18(9-2-4-16(18)23)12-14-5-7-15(19)8-6-14/h5-8,16,23H,2-4,9-13H2,1H3,(H,20,21). The monoisotopic (exact) mass is 319 g/mol. The summed E-state index contributed by atoms with van der Waals surface area (Å²) < 4.78 is 13.1. The van der Waals surface area contributed by atoms with Crippen LogP contribution in [0.15, 0.2) is 29.3 Å². The van der Waals surface area contributed by atoms with Crippen LogP contribution in [0.3, 0.4) is 0 Å². The van der Waals surface area contributed by atoms with E-state index in [1.807, 2.05) is 19.2 Å². The first-order valence-corrected chi connectivity index (χ1v) is 8.51. The number of nitrogens with zero attached hydrogens (tertiary/aromatic N) is 2. The van der Waals surface area contributed by atoms with Crippen LogP contribution in [0.25, 0.3) is 0 Å². The van der Waals surface area contributed by atoms with Crippen molar-refractivity contribution in [1.82, 2.24) is 10.2 Å². The van der Waals surface area contributed by atoms with Crippen molar-refractivity contribution < 1.29 is 9.50 Å². The molecule has 1 aliphatic heterocycles. The summed E-state index contributed by atoms with van der Waals surface area (Å²) in [6.07, 6.45) is 4.38. The van der Waals surface area contributed by atoms with Gasteiger partial charge in [0.1, 0.15) is 5.82 Å². The molecular formula is C18H26FN3O. The summed E-state index contributed by atoms with van der Waals surface area (Å²) in [6.45, 7) is 2.58. The average Bonchev–Trinajstić information content (AvgIpc) is 2.90. The van der Waals surface area contributed by atoms with Gasteiger partial charge in [-0.25, -0.2) is 4.39 Å². The van der Waals surface area contributed by atoms with Crippen molar-refractivity contribution in [2.24, 2.45) is 10.4 Å². The molecule has 0 spiro atoms. The highest BCUT2D eigenvalue weighted by Crippen LogP contribution is 2.41. The van der Waals surface area contributed by atoms with E-state index in [9.17, 15) is 9.50 Å². The van der Waals surface area contributed by atoms with Gasteiger partial charge >= 0.3 is 0 Å². The number of nitrogens with one attached hydrogen (secondary N) is 1. The van der Waals surface area contributed by atoms with E-state index < -0.39 is 0 Å². The van der Waals surface area contributed by atoms with Gasteiger partial charge in [0.15, 0.2) is 5.96 Å². The van der Waals surface area contributed by atoms with Crippen molar-refractivity contribution in [3.8, 4) is 0 Å². The second-order valence-electron chi connectivity index (χ2n) is 6.91. The SMILES string of the molecule is CN1CCCN=C1NCC1(Cc2ccc(F)cc2)CCCC1O. The summed E-state index contributed by atoms with van der Waals surface area (Å²) in [7, 11) is 2.04. The van der Waals surface area contributed by atoms with Crippen LogP contribution in [0.5, 0.6) is 0 Å². The summed E-state index contributed by atoms with van der Waals surface area (Å²) in [6, 6.07) is 6.65. The predicted octanol–water partition coefficient (Wildman–Crippen LogP) is 2.18. The largest absolute Gasteiger partial charge is 0.392 e. The summed E-state index contributed by atoms with van der Waals surface area (Å²) in [5.74, 6) is 0.708. The number of aliphatic hydroxyl groups is 1. The lowest BCUT2D eigenvalue weighted by Gasteiger charge is -2.35. The van der Waals surface area contributed by atoms with Crippen molar-refractivity contribution in [3.63, 3.8) is 0 Å². The van der Waals surface area contributed by atoms with Crippen LogP contribution in [0.1, 0.15) is 31.2 Å². The van der Waals surface area contributed by atoms with E-state index in [1.54, 1.807) is 0 Å². The van der Waals surface area contributed by atoms with E-state index >= 15 is 0 Å². The Morgan fingerprint density at radius 1 is 1.35 bits per heavy atom. The van der Waals surface area contributed by atoms with Gasteiger partial charge in [0.25, 0.3) is 0 Å². The lowest BCUT2D eigenvalue weighted by molar-refractivity contribution is 0.0549. The van der Waals surface area contributed by atoms with Gasteiger partial charge in [-0.05, 0) is 43.4 Å². The first-order valence-electron chi connectivity index (χ1n) is 8.51. The highest BCUT2D eigenvalue weighted by Gasteiger charge is 2.42. The van der Waals surface area contributed by atoms with Gasteiger partial charge in [-0.15, -0.1) is 0 Å². The van der Waals surface area contributed by atoms with Crippen molar-refractivity contribution in [2.45, 2.75) is 38.2 Å². The van der Waals surface area contributed by atoms with Crippen LogP contribution in [0, 0.1) is 11.2 Å². The van der Waals surface area contributed by atoms with Crippen LogP contribution in [-0.4, -0.2) is 48.8 Å². The van der Waals surface area contributed by atoms with Gasteiger partial charge in [-0.2, -0.15) is 0 Å². The van der Waals surface area contributed by atoms with Crippen LogP contribution < -0.4 is 5.32 Å². The Morgan fingerprint density at radius 2 is 2.13 bits per heavy atom. The third-order valence-corrected chi connectivity index (χ3v) is 5.20. The van der Waals surface area contributed by atoms with Crippen molar-refractivity contribution >= 4 is 5.96 Å². The number of rotatable bonds is 4. The Bertz CT molecular complexity index is 560. The Hall–Kier alpha value is -1.62. The molecule has 0 amide bonds. The fourth-order valence-corrected chi connectivity index (χ4v) is 3.77. The first-order chi connectivity index (χ1) is 11.1. The second-order valence-corrected chi connectivity index (χ2v) is 6.91. The molecule has 2 aliphatic rings. The Kier molecular flexibility index (Phi) is 4.85. The van der Waals surface area contributed by atoms with Gasteiger partial charge in [0.2, 0.25) is 0 Å². The zero-order valence-electron chi connectivity index (χ0n) is 13.8. The third kappa shape index (κ3) is 3.66. The van der Waals surface area contributed by atoms with Crippen LogP contribution in [0.4, 0.5) is 4.39 Å². The third-order valence-electron chi connectivity index (χ3n) is 5.20. The molecule has 1 aromatic carbocycles. The molecule has 3 rings (SSSR count). The number of halogens is 1. The maximum absolute atomic E-state index is 13.1. The molecule has 1 saturated carbocycles. The number of guanidine groups is 1. The minimum absolute atomic E-state index is 0.196. The molecule has 0 aromatic heterocycles. The molecule has 0 saturated heterocycles. The van der Waals surface area contributed by atoms with Crippen molar-refractivity contribution in [1.29, 1.82) is 0 Å². The normalized spacial score (nSPS) is 27.9. The zero-order chi connectivity index (χ0) is 16.3. The molecule has 2 unspecified atom stereocenters. The molecule has 0 bridgehead atoms. The molecule has 1 fully saturated rings. The Morgan fingerprint density at radius 3 is 2.78 bits per heavy atom. The molecule has 5 heteroatoms. The van der Waals surface area contributed by atoms with Gasteiger partial charge in [0.05, 0.1) is 6.10 Å². The second kappa shape index (κ2) is 6.87. The van der Waals surface area contributed by atoms with Gasteiger partial charge in [0, 0.05) is 32.1 Å². The molecule has 0 radical (unpaired) electrons. The van der Waals surface area contributed by atoms with E-state index in [0.717, 1.165) is 56.7 Å². The smallest absolute Gasteiger partial charge is 0.193 e. The number of benzene rings is 1. The summed E-state index contributed by atoms with van der Waals surface area (Å²) in [4.78, 5) is 6.68. The molecular weight excluding hydrogens is 293 g/mol. The summed E-state index contributed by atoms with van der Waals surface area (Å²) in [5, 5.41) is 14.0. The van der Waals surface area contributed by atoms with E-state index in [1.165, 1.54) is 12.1 Å². The maximum atomic E-state index is 13.1. The summed E-state index contributed by atoms with van der Waals surface area (Å²) >= 11 is 0. The van der Waals surface area contributed by atoms with E-state index in [2.05, 4.69) is 15.2 Å². The highest BCUT2D eigenvalue weighted by molar-refractivity contribution is 5.80. The number of aliphatic hydroxyl groups excluding tert-OH is 1. The van der Waals surface area contributed by atoms with Crippen molar-refractivity contribution in [2.75, 3.05) is 26.7 Å². The quantitative estimate of drug-likeness (QED) is 0.894. The zero-order valence-corrected chi connectivity index (χ0v) is 13.8.